The molecule has 5 atom stereocenters. The fourth-order valence-electron chi connectivity index (χ4n) is 3.01. The number of carbonyl (C=O) groups excluding carboxylic acids is 5. The average molecular weight is 454 g/mol. The molecule has 1 heterocycles. The largest absolute Gasteiger partial charge is 0.507 e. The van der Waals surface area contributed by atoms with Crippen molar-refractivity contribution in [1.82, 2.24) is 0 Å². The van der Waals surface area contributed by atoms with Gasteiger partial charge in [0, 0.05) is 26.8 Å². The lowest BCUT2D eigenvalue weighted by Crippen LogP contribution is -2.64. The van der Waals surface area contributed by atoms with Crippen LogP contribution in [-0.4, -0.2) is 73.1 Å². The van der Waals surface area contributed by atoms with E-state index in [4.69, 9.17) is 23.7 Å². The van der Waals surface area contributed by atoms with Crippen molar-refractivity contribution in [2.45, 2.75) is 51.5 Å². The predicted molar refractivity (Wildman–Crippen MR) is 101 cm³/mol. The lowest BCUT2D eigenvalue weighted by atomic mass is 9.97. The fourth-order valence-corrected chi connectivity index (χ4v) is 3.01. The number of esters is 4. The van der Waals surface area contributed by atoms with Crippen molar-refractivity contribution in [3.8, 4) is 11.5 Å². The Hall–Kier alpha value is -3.67. The first-order valence-electron chi connectivity index (χ1n) is 9.27. The molecule has 0 amide bonds. The van der Waals surface area contributed by atoms with Crippen molar-refractivity contribution < 1.29 is 57.5 Å². The van der Waals surface area contributed by atoms with Crippen LogP contribution in [0.5, 0.6) is 11.5 Å². The first-order chi connectivity index (χ1) is 15.1. The number of phenolic OH excluding ortho intramolecular Hbond substituents is 1. The van der Waals surface area contributed by atoms with Crippen LogP contribution in [0.2, 0.25) is 0 Å². The van der Waals surface area contributed by atoms with Gasteiger partial charge in [-0.2, -0.15) is 0 Å². The molecule has 1 aliphatic rings. The number of phenols is 1. The number of aldehydes is 1. The molecule has 0 aliphatic carbocycles. The van der Waals surface area contributed by atoms with Gasteiger partial charge in [-0.15, -0.1) is 0 Å². The van der Waals surface area contributed by atoms with Crippen LogP contribution in [0.15, 0.2) is 18.2 Å². The molecule has 0 saturated carbocycles. The molecule has 0 aromatic heterocycles. The first-order valence-corrected chi connectivity index (χ1v) is 9.27. The molecule has 1 aromatic carbocycles. The number of aromatic hydroxyl groups is 1. The third kappa shape index (κ3) is 5.94. The van der Waals surface area contributed by atoms with Gasteiger partial charge in [-0.05, 0) is 12.1 Å². The van der Waals surface area contributed by atoms with Gasteiger partial charge in [-0.25, -0.2) is 4.79 Å². The minimum absolute atomic E-state index is 0.0152. The summed E-state index contributed by atoms with van der Waals surface area (Å²) in [4.78, 5) is 58.3. The molecular weight excluding hydrogens is 432 g/mol. The third-order valence-corrected chi connectivity index (χ3v) is 4.22. The smallest absolute Gasteiger partial charge is 0.339 e. The summed E-state index contributed by atoms with van der Waals surface area (Å²) in [5.41, 5.74) is -0.0152. The summed E-state index contributed by atoms with van der Waals surface area (Å²) >= 11 is 0. The number of rotatable bonds is 7. The second-order valence-electron chi connectivity index (χ2n) is 6.63. The molecule has 0 bridgehead atoms. The van der Waals surface area contributed by atoms with E-state index >= 15 is 0 Å². The van der Waals surface area contributed by atoms with Crippen LogP contribution in [0.3, 0.4) is 0 Å². The van der Waals surface area contributed by atoms with Gasteiger partial charge >= 0.3 is 23.9 Å². The number of carbonyl (C=O) groups is 5. The Labute approximate surface area is 182 Å². The molecule has 2 rings (SSSR count). The molecular formula is C20H22O12. The highest BCUT2D eigenvalue weighted by atomic mass is 16.7. The topological polar surface area (TPSA) is 161 Å². The molecule has 0 spiro atoms. The van der Waals surface area contributed by atoms with Gasteiger partial charge < -0.3 is 33.5 Å². The lowest BCUT2D eigenvalue weighted by molar-refractivity contribution is -0.282. The Morgan fingerprint density at radius 2 is 1.50 bits per heavy atom. The van der Waals surface area contributed by atoms with Gasteiger partial charge in [-0.3, -0.25) is 19.2 Å². The van der Waals surface area contributed by atoms with E-state index in [0.717, 1.165) is 33.9 Å². The monoisotopic (exact) mass is 454 g/mol. The van der Waals surface area contributed by atoms with Gasteiger partial charge in [-0.1, -0.05) is 0 Å². The van der Waals surface area contributed by atoms with E-state index in [1.165, 1.54) is 12.1 Å². The Balaban J connectivity index is 2.51. The first kappa shape index (κ1) is 24.6. The zero-order valence-corrected chi connectivity index (χ0v) is 17.6. The van der Waals surface area contributed by atoms with Crippen LogP contribution in [-0.2, 0) is 42.9 Å². The summed E-state index contributed by atoms with van der Waals surface area (Å²) in [6.07, 6.45) is -7.29. The number of hydrogen-bond acceptors (Lipinski definition) is 12. The van der Waals surface area contributed by atoms with Gasteiger partial charge in [0.1, 0.15) is 11.5 Å². The zero-order chi connectivity index (χ0) is 24.0. The lowest BCUT2D eigenvalue weighted by Gasteiger charge is -2.43. The molecule has 12 heteroatoms. The summed E-state index contributed by atoms with van der Waals surface area (Å²) < 4.78 is 31.4. The van der Waals surface area contributed by atoms with Crippen molar-refractivity contribution in [2.24, 2.45) is 0 Å². The Kier molecular flexibility index (Phi) is 8.13. The van der Waals surface area contributed by atoms with E-state index in [1.54, 1.807) is 0 Å². The van der Waals surface area contributed by atoms with Crippen molar-refractivity contribution in [2.75, 3.05) is 7.11 Å². The maximum absolute atomic E-state index is 12.3. The summed E-state index contributed by atoms with van der Waals surface area (Å²) in [6.45, 7) is 3.18. The minimum atomic E-state index is -1.62. The Morgan fingerprint density at radius 1 is 0.938 bits per heavy atom. The molecule has 0 radical (unpaired) electrons. The van der Waals surface area contributed by atoms with Crippen LogP contribution in [0.4, 0.5) is 0 Å². The highest BCUT2D eigenvalue weighted by Gasteiger charge is 2.55. The van der Waals surface area contributed by atoms with Crippen LogP contribution < -0.4 is 4.74 Å². The maximum Gasteiger partial charge on any atom is 0.339 e. The van der Waals surface area contributed by atoms with E-state index in [0.29, 0.717) is 6.29 Å². The molecule has 1 saturated heterocycles. The standard InChI is InChI=1S/C20H22O12/c1-9(22)28-15-16(29-10(2)23)18(30-11(3)24)20(32-17(15)19(26)27-4)31-13-6-5-12(8-21)14(25)7-13/h5-8,15-18,20,25H,1-4H3/t15-,16?,17?,18+,20?/m0/s1. The molecule has 1 aromatic rings. The van der Waals surface area contributed by atoms with Crippen molar-refractivity contribution in [3.05, 3.63) is 23.8 Å². The van der Waals surface area contributed by atoms with Gasteiger partial charge in [0.25, 0.3) is 0 Å². The van der Waals surface area contributed by atoms with E-state index in [9.17, 15) is 29.1 Å². The molecule has 12 nitrogen and oxygen atoms in total. The third-order valence-electron chi connectivity index (χ3n) is 4.22. The van der Waals surface area contributed by atoms with E-state index in [1.807, 2.05) is 0 Å². The number of ether oxygens (including phenoxy) is 6. The Bertz CT molecular complexity index is 895. The summed E-state index contributed by atoms with van der Waals surface area (Å²) in [7, 11) is 1.06. The average Bonchev–Trinajstić information content (AvgIpc) is 2.70. The summed E-state index contributed by atoms with van der Waals surface area (Å²) in [5.74, 6) is -3.91. The molecule has 32 heavy (non-hydrogen) atoms. The van der Waals surface area contributed by atoms with Crippen molar-refractivity contribution in [3.63, 3.8) is 0 Å². The normalized spacial score (nSPS) is 24.6. The highest BCUT2D eigenvalue weighted by molar-refractivity contribution is 5.79. The maximum atomic E-state index is 12.3. The van der Waals surface area contributed by atoms with Crippen LogP contribution in [0, 0.1) is 0 Å². The van der Waals surface area contributed by atoms with Crippen LogP contribution in [0.1, 0.15) is 31.1 Å². The minimum Gasteiger partial charge on any atom is -0.507 e. The Morgan fingerprint density at radius 3 is 2.00 bits per heavy atom. The SMILES string of the molecule is COC(=O)C1OC(Oc2ccc(C=O)c(O)c2)[C@H](OC(C)=O)C(OC(C)=O)[C@@H]1OC(C)=O. The van der Waals surface area contributed by atoms with Crippen molar-refractivity contribution >= 4 is 30.2 Å². The van der Waals surface area contributed by atoms with Gasteiger partial charge in [0.15, 0.2) is 24.6 Å². The fraction of sp³-hybridized carbons (Fsp3) is 0.450. The van der Waals surface area contributed by atoms with E-state index in [-0.39, 0.29) is 11.3 Å². The zero-order valence-electron chi connectivity index (χ0n) is 17.6. The van der Waals surface area contributed by atoms with Gasteiger partial charge in [0.2, 0.25) is 12.4 Å². The molecule has 1 fully saturated rings. The van der Waals surface area contributed by atoms with Crippen molar-refractivity contribution in [1.29, 1.82) is 0 Å². The highest BCUT2D eigenvalue weighted by Crippen LogP contribution is 2.32. The van der Waals surface area contributed by atoms with Gasteiger partial charge in [0.05, 0.1) is 12.7 Å². The second kappa shape index (κ2) is 10.6. The predicted octanol–water partition coefficient (Wildman–Crippen LogP) is 0.276. The van der Waals surface area contributed by atoms with Crippen LogP contribution in [0.25, 0.3) is 0 Å². The molecule has 174 valence electrons. The number of hydrogen-bond donors (Lipinski definition) is 1. The quantitative estimate of drug-likeness (QED) is 0.341. The van der Waals surface area contributed by atoms with Crippen LogP contribution >= 0.6 is 0 Å². The summed E-state index contributed by atoms with van der Waals surface area (Å²) in [5, 5.41) is 9.88. The van der Waals surface area contributed by atoms with E-state index in [2.05, 4.69) is 4.74 Å². The molecule has 3 unspecified atom stereocenters. The number of methoxy groups -OCH3 is 1. The molecule has 1 aliphatic heterocycles. The summed E-state index contributed by atoms with van der Waals surface area (Å²) in [6, 6.07) is 3.65. The molecule has 1 N–H and O–H groups in total. The van der Waals surface area contributed by atoms with E-state index < -0.39 is 60.3 Å². The number of benzene rings is 1. The second-order valence-corrected chi connectivity index (χ2v) is 6.63.